The third-order valence-electron chi connectivity index (χ3n) is 6.51. The Morgan fingerprint density at radius 3 is 2.71 bits per heavy atom. The average molecular weight is 490 g/mol. The van der Waals surface area contributed by atoms with Crippen molar-refractivity contribution in [3.8, 4) is 11.5 Å². The molecule has 5 nitrogen and oxygen atoms in total. The minimum atomic E-state index is -2.85. The van der Waals surface area contributed by atoms with E-state index in [1.54, 1.807) is 13.2 Å². The molecule has 8 heteroatoms. The summed E-state index contributed by atoms with van der Waals surface area (Å²) in [4.78, 5) is 5.38. The van der Waals surface area contributed by atoms with Crippen molar-refractivity contribution >= 4 is 10.9 Å². The van der Waals surface area contributed by atoms with Gasteiger partial charge in [-0.05, 0) is 50.1 Å². The zero-order valence-electron chi connectivity index (χ0n) is 20.5. The summed E-state index contributed by atoms with van der Waals surface area (Å²) in [5.74, 6) is -1.63. The van der Waals surface area contributed by atoms with E-state index in [4.69, 9.17) is 9.47 Å². The van der Waals surface area contributed by atoms with Gasteiger partial charge in [0.2, 0.25) is 0 Å². The largest absolute Gasteiger partial charge is 0.496 e. The third kappa shape index (κ3) is 5.76. The van der Waals surface area contributed by atoms with E-state index < -0.39 is 12.0 Å². The van der Waals surface area contributed by atoms with E-state index in [0.29, 0.717) is 44.0 Å². The van der Waals surface area contributed by atoms with Gasteiger partial charge in [0.05, 0.1) is 26.4 Å². The molecule has 0 spiro atoms. The number of aromatic nitrogens is 1. The van der Waals surface area contributed by atoms with Gasteiger partial charge >= 0.3 is 0 Å². The third-order valence-corrected chi connectivity index (χ3v) is 6.51. The van der Waals surface area contributed by atoms with Gasteiger partial charge in [0.15, 0.2) is 0 Å². The number of para-hydroxylation sites is 1. The lowest BCUT2D eigenvalue weighted by Gasteiger charge is -2.42. The van der Waals surface area contributed by atoms with E-state index in [-0.39, 0.29) is 19.3 Å². The number of methoxy groups -OCH3 is 1. The molecule has 1 aliphatic heterocycles. The van der Waals surface area contributed by atoms with Crippen LogP contribution in [0.25, 0.3) is 10.9 Å². The molecule has 1 aliphatic rings. The Morgan fingerprint density at radius 1 is 1.17 bits per heavy atom. The standard InChI is InChI=1S/C27H34F3N3O2/c1-18-15-22-20-7-4-5-8-23(20)32-25(22)26(33(18)17-27(2,29)30)21-10-9-19(16-24(21)34-3)35-14-13-31-12-6-11-28/h4-5,7-10,16,18,26,31-32H,6,11-15,17H2,1-3H3/t18-,26?/m1/s1. The minimum Gasteiger partial charge on any atom is -0.496 e. The molecular weight excluding hydrogens is 455 g/mol. The van der Waals surface area contributed by atoms with Crippen LogP contribution in [0.3, 0.4) is 0 Å². The maximum atomic E-state index is 14.3. The van der Waals surface area contributed by atoms with Crippen molar-refractivity contribution in [2.24, 2.45) is 0 Å². The second kappa shape index (κ2) is 10.9. The first kappa shape index (κ1) is 25.4. The molecule has 190 valence electrons. The van der Waals surface area contributed by atoms with Gasteiger partial charge in [0.1, 0.15) is 18.1 Å². The maximum absolute atomic E-state index is 14.3. The lowest BCUT2D eigenvalue weighted by atomic mass is 9.88. The van der Waals surface area contributed by atoms with Crippen LogP contribution in [0.5, 0.6) is 11.5 Å². The van der Waals surface area contributed by atoms with Crippen LogP contribution < -0.4 is 14.8 Å². The molecule has 3 aromatic rings. The molecule has 1 aromatic heterocycles. The van der Waals surface area contributed by atoms with Gasteiger partial charge in [0, 0.05) is 47.7 Å². The van der Waals surface area contributed by atoms with E-state index in [1.807, 2.05) is 42.2 Å². The van der Waals surface area contributed by atoms with Gasteiger partial charge in [-0.1, -0.05) is 18.2 Å². The Balaban J connectivity index is 1.68. The average Bonchev–Trinajstić information content (AvgIpc) is 3.19. The van der Waals surface area contributed by atoms with Crippen molar-refractivity contribution in [2.45, 2.75) is 44.7 Å². The fraction of sp³-hybridized carbons (Fsp3) is 0.481. The molecule has 2 heterocycles. The molecule has 0 amide bonds. The van der Waals surface area contributed by atoms with Gasteiger partial charge in [0.25, 0.3) is 5.92 Å². The number of rotatable bonds is 11. The summed E-state index contributed by atoms with van der Waals surface area (Å²) in [7, 11) is 1.58. The topological polar surface area (TPSA) is 49.5 Å². The molecule has 1 unspecified atom stereocenters. The van der Waals surface area contributed by atoms with Crippen LogP contribution in [0.15, 0.2) is 42.5 Å². The molecule has 0 aliphatic carbocycles. The number of halogens is 3. The number of ether oxygens (including phenoxy) is 2. The first-order valence-electron chi connectivity index (χ1n) is 12.1. The number of nitrogens with zero attached hydrogens (tertiary/aromatic N) is 1. The molecule has 2 N–H and O–H groups in total. The fourth-order valence-electron chi connectivity index (χ4n) is 4.97. The molecule has 0 saturated carbocycles. The lowest BCUT2D eigenvalue weighted by Crippen LogP contribution is -2.47. The molecule has 0 fully saturated rings. The summed E-state index contributed by atoms with van der Waals surface area (Å²) < 4.78 is 52.4. The van der Waals surface area contributed by atoms with Crippen LogP contribution in [-0.4, -0.2) is 61.9 Å². The van der Waals surface area contributed by atoms with Crippen molar-refractivity contribution in [1.29, 1.82) is 0 Å². The van der Waals surface area contributed by atoms with Gasteiger partial charge in [-0.3, -0.25) is 9.29 Å². The van der Waals surface area contributed by atoms with Gasteiger partial charge < -0.3 is 19.8 Å². The quantitative estimate of drug-likeness (QED) is 0.350. The van der Waals surface area contributed by atoms with E-state index >= 15 is 0 Å². The smallest absolute Gasteiger partial charge is 0.257 e. The monoisotopic (exact) mass is 489 g/mol. The second-order valence-corrected chi connectivity index (χ2v) is 9.31. The van der Waals surface area contributed by atoms with E-state index in [9.17, 15) is 13.2 Å². The molecule has 2 aromatic carbocycles. The van der Waals surface area contributed by atoms with Crippen LogP contribution in [0.2, 0.25) is 0 Å². The molecule has 0 saturated heterocycles. The normalized spacial score (nSPS) is 18.6. The number of hydrogen-bond acceptors (Lipinski definition) is 4. The van der Waals surface area contributed by atoms with E-state index in [1.165, 1.54) is 0 Å². The zero-order chi connectivity index (χ0) is 25.0. The summed E-state index contributed by atoms with van der Waals surface area (Å²) in [6.07, 6.45) is 1.16. The summed E-state index contributed by atoms with van der Waals surface area (Å²) in [5, 5.41) is 4.25. The number of H-pyrrole nitrogens is 1. The van der Waals surface area contributed by atoms with Crippen LogP contribution >= 0.6 is 0 Å². The van der Waals surface area contributed by atoms with Gasteiger partial charge in [-0.25, -0.2) is 8.78 Å². The highest BCUT2D eigenvalue weighted by Gasteiger charge is 2.40. The highest BCUT2D eigenvalue weighted by atomic mass is 19.3. The second-order valence-electron chi connectivity index (χ2n) is 9.31. The number of nitrogens with one attached hydrogen (secondary N) is 2. The molecule has 0 radical (unpaired) electrons. The number of hydrogen-bond donors (Lipinski definition) is 2. The first-order chi connectivity index (χ1) is 16.8. The number of alkyl halides is 3. The van der Waals surface area contributed by atoms with Crippen molar-refractivity contribution in [1.82, 2.24) is 15.2 Å². The molecule has 4 rings (SSSR count). The fourth-order valence-corrected chi connectivity index (χ4v) is 4.97. The minimum absolute atomic E-state index is 0.0893. The van der Waals surface area contributed by atoms with Gasteiger partial charge in [-0.2, -0.15) is 0 Å². The van der Waals surface area contributed by atoms with Crippen LogP contribution in [0.1, 0.15) is 43.1 Å². The zero-order valence-corrected chi connectivity index (χ0v) is 20.5. The number of aromatic amines is 1. The van der Waals surface area contributed by atoms with Crippen molar-refractivity contribution in [3.05, 3.63) is 59.3 Å². The lowest BCUT2D eigenvalue weighted by molar-refractivity contribution is -0.0368. The van der Waals surface area contributed by atoms with Crippen molar-refractivity contribution in [3.63, 3.8) is 0 Å². The van der Waals surface area contributed by atoms with E-state index in [0.717, 1.165) is 34.6 Å². The SMILES string of the molecule is COc1cc(OCCNCCCF)ccc1C1c2[nH]c3ccccc3c2C[C@@H](C)N1CC(C)(F)F. The Labute approximate surface area is 204 Å². The van der Waals surface area contributed by atoms with Crippen molar-refractivity contribution in [2.75, 3.05) is 40.0 Å². The maximum Gasteiger partial charge on any atom is 0.257 e. The van der Waals surface area contributed by atoms with Crippen LogP contribution in [-0.2, 0) is 6.42 Å². The Bertz CT molecular complexity index is 1130. The molecular formula is C27H34F3N3O2. The first-order valence-corrected chi connectivity index (χ1v) is 12.1. The predicted octanol–water partition coefficient (Wildman–Crippen LogP) is 5.50. The van der Waals surface area contributed by atoms with Gasteiger partial charge in [-0.15, -0.1) is 0 Å². The van der Waals surface area contributed by atoms with Crippen LogP contribution in [0.4, 0.5) is 13.2 Å². The molecule has 2 atom stereocenters. The highest BCUT2D eigenvalue weighted by molar-refractivity contribution is 5.85. The highest BCUT2D eigenvalue weighted by Crippen LogP contribution is 2.45. The summed E-state index contributed by atoms with van der Waals surface area (Å²) >= 11 is 0. The summed E-state index contributed by atoms with van der Waals surface area (Å²) in [6.45, 7) is 3.89. The van der Waals surface area contributed by atoms with Crippen LogP contribution in [0, 0.1) is 0 Å². The number of fused-ring (bicyclic) bond motifs is 3. The number of benzene rings is 2. The Hall–Kier alpha value is -2.71. The molecule has 0 bridgehead atoms. The Morgan fingerprint density at radius 2 is 1.97 bits per heavy atom. The summed E-state index contributed by atoms with van der Waals surface area (Å²) in [5.41, 5.74) is 3.90. The van der Waals surface area contributed by atoms with E-state index in [2.05, 4.69) is 16.4 Å². The van der Waals surface area contributed by atoms with Crippen molar-refractivity contribution < 1.29 is 22.6 Å². The Kier molecular flexibility index (Phi) is 7.91. The predicted molar refractivity (Wildman–Crippen MR) is 133 cm³/mol. The summed E-state index contributed by atoms with van der Waals surface area (Å²) in [6, 6.07) is 13.1. The molecule has 35 heavy (non-hydrogen) atoms.